The first-order valence-corrected chi connectivity index (χ1v) is 10.0. The molecule has 0 aromatic heterocycles. The van der Waals surface area contributed by atoms with E-state index in [2.05, 4.69) is 19.2 Å². The molecule has 28 heavy (non-hydrogen) atoms. The lowest BCUT2D eigenvalue weighted by atomic mass is 9.91. The summed E-state index contributed by atoms with van der Waals surface area (Å²) in [5.41, 5.74) is 0.949. The van der Waals surface area contributed by atoms with Crippen LogP contribution in [-0.2, 0) is 4.79 Å². The van der Waals surface area contributed by atoms with Gasteiger partial charge in [0.05, 0.1) is 17.2 Å². The van der Waals surface area contributed by atoms with Crippen LogP contribution in [0.15, 0.2) is 24.3 Å². The first-order valence-electron chi connectivity index (χ1n) is 10.0. The molecule has 0 saturated carbocycles. The summed E-state index contributed by atoms with van der Waals surface area (Å²) in [4.78, 5) is 40.4. The lowest BCUT2D eigenvalue weighted by Gasteiger charge is -2.35. The Morgan fingerprint density at radius 3 is 2.39 bits per heavy atom. The molecule has 0 spiro atoms. The minimum atomic E-state index is -0.874. The number of carboxylic acid groups (broad SMARTS) is 1. The molecule has 152 valence electrons. The molecule has 1 aromatic rings. The van der Waals surface area contributed by atoms with E-state index in [1.165, 1.54) is 4.90 Å². The molecule has 3 amide bonds. The smallest absolute Gasteiger partial charge is 0.321 e. The first-order chi connectivity index (χ1) is 13.3. The van der Waals surface area contributed by atoms with E-state index >= 15 is 0 Å². The van der Waals surface area contributed by atoms with Crippen molar-refractivity contribution in [3.05, 3.63) is 29.8 Å². The number of hydrogen-bond donors (Lipinski definition) is 2. The molecule has 3 atom stereocenters. The van der Waals surface area contributed by atoms with E-state index in [0.717, 1.165) is 19.5 Å². The van der Waals surface area contributed by atoms with Crippen LogP contribution in [-0.4, -0.2) is 59.0 Å². The molecule has 2 saturated heterocycles. The highest BCUT2D eigenvalue weighted by atomic mass is 16.4. The van der Waals surface area contributed by atoms with Crippen LogP contribution < -0.4 is 5.32 Å². The van der Waals surface area contributed by atoms with Gasteiger partial charge in [-0.05, 0) is 43.2 Å². The van der Waals surface area contributed by atoms with Crippen LogP contribution in [0.3, 0.4) is 0 Å². The number of nitrogens with zero attached hydrogens (tertiary/aromatic N) is 2. The SMILES string of the molecule is CC1CC(C)CN(C(=O)c2ccccc2NC(=O)N2CCCC(C(=O)O)C2)C1. The Morgan fingerprint density at radius 1 is 1.04 bits per heavy atom. The molecule has 2 N–H and O–H groups in total. The first kappa shape index (κ1) is 20.2. The molecule has 2 fully saturated rings. The summed E-state index contributed by atoms with van der Waals surface area (Å²) >= 11 is 0. The van der Waals surface area contributed by atoms with Crippen molar-refractivity contribution in [1.29, 1.82) is 0 Å². The minimum absolute atomic E-state index is 0.0728. The fraction of sp³-hybridized carbons (Fsp3) is 0.571. The number of hydrogen-bond acceptors (Lipinski definition) is 3. The minimum Gasteiger partial charge on any atom is -0.481 e. The van der Waals surface area contributed by atoms with Crippen molar-refractivity contribution in [1.82, 2.24) is 9.80 Å². The molecular formula is C21H29N3O4. The topological polar surface area (TPSA) is 90.0 Å². The van der Waals surface area contributed by atoms with Crippen LogP contribution in [0.25, 0.3) is 0 Å². The number of rotatable bonds is 3. The predicted molar refractivity (Wildman–Crippen MR) is 106 cm³/mol. The zero-order chi connectivity index (χ0) is 20.3. The number of piperidine rings is 2. The van der Waals surface area contributed by atoms with E-state index in [0.29, 0.717) is 42.5 Å². The third-order valence-electron chi connectivity index (χ3n) is 5.61. The molecule has 2 aliphatic rings. The molecule has 3 unspecified atom stereocenters. The molecule has 0 radical (unpaired) electrons. The van der Waals surface area contributed by atoms with Gasteiger partial charge in [-0.3, -0.25) is 9.59 Å². The van der Waals surface area contributed by atoms with Gasteiger partial charge in [-0.1, -0.05) is 26.0 Å². The van der Waals surface area contributed by atoms with Gasteiger partial charge < -0.3 is 20.2 Å². The van der Waals surface area contributed by atoms with Crippen molar-refractivity contribution in [2.45, 2.75) is 33.1 Å². The number of aliphatic carboxylic acids is 1. The number of urea groups is 1. The molecule has 0 bridgehead atoms. The number of likely N-dealkylation sites (tertiary alicyclic amines) is 2. The van der Waals surface area contributed by atoms with Gasteiger partial charge in [-0.25, -0.2) is 4.79 Å². The summed E-state index contributed by atoms with van der Waals surface area (Å²) < 4.78 is 0. The van der Waals surface area contributed by atoms with Crippen molar-refractivity contribution >= 4 is 23.6 Å². The summed E-state index contributed by atoms with van der Waals surface area (Å²) in [5, 5.41) is 12.1. The molecule has 7 nitrogen and oxygen atoms in total. The van der Waals surface area contributed by atoms with Gasteiger partial charge in [0.15, 0.2) is 0 Å². The van der Waals surface area contributed by atoms with Crippen molar-refractivity contribution in [2.75, 3.05) is 31.5 Å². The Bertz CT molecular complexity index is 741. The number of amides is 3. The fourth-order valence-electron chi connectivity index (χ4n) is 4.34. The molecule has 3 rings (SSSR count). The average Bonchev–Trinajstić information content (AvgIpc) is 2.67. The van der Waals surface area contributed by atoms with E-state index in [1.807, 2.05) is 4.90 Å². The number of nitrogens with one attached hydrogen (secondary N) is 1. The third kappa shape index (κ3) is 4.64. The largest absolute Gasteiger partial charge is 0.481 e. The van der Waals surface area contributed by atoms with Crippen molar-refractivity contribution in [3.8, 4) is 0 Å². The molecule has 1 aromatic carbocycles. The van der Waals surface area contributed by atoms with E-state index in [-0.39, 0.29) is 18.5 Å². The summed E-state index contributed by atoms with van der Waals surface area (Å²) in [6, 6.07) is 6.68. The third-order valence-corrected chi connectivity index (χ3v) is 5.61. The normalized spacial score (nSPS) is 25.3. The van der Waals surface area contributed by atoms with Crippen LogP contribution in [0.1, 0.15) is 43.5 Å². The number of carbonyl (C=O) groups is 3. The molecule has 2 aliphatic heterocycles. The highest BCUT2D eigenvalue weighted by Crippen LogP contribution is 2.25. The Balaban J connectivity index is 1.72. The van der Waals surface area contributed by atoms with Gasteiger partial charge in [-0.2, -0.15) is 0 Å². The second-order valence-corrected chi connectivity index (χ2v) is 8.26. The average molecular weight is 387 g/mol. The lowest BCUT2D eigenvalue weighted by molar-refractivity contribution is -0.143. The van der Waals surface area contributed by atoms with E-state index in [1.54, 1.807) is 24.3 Å². The Labute approximate surface area is 165 Å². The summed E-state index contributed by atoms with van der Waals surface area (Å²) in [6.45, 7) is 6.46. The van der Waals surface area contributed by atoms with Gasteiger partial charge in [0, 0.05) is 26.2 Å². The number of anilines is 1. The summed E-state index contributed by atoms with van der Waals surface area (Å²) in [6.07, 6.45) is 2.36. The molecule has 7 heteroatoms. The lowest BCUT2D eigenvalue weighted by Crippen LogP contribution is -2.45. The molecular weight excluding hydrogens is 358 g/mol. The van der Waals surface area contributed by atoms with Crippen molar-refractivity contribution in [2.24, 2.45) is 17.8 Å². The highest BCUT2D eigenvalue weighted by Gasteiger charge is 2.30. The summed E-state index contributed by atoms with van der Waals surface area (Å²) in [5.74, 6) is -0.572. The number of carboxylic acids is 1. The number of benzene rings is 1. The van der Waals surface area contributed by atoms with Crippen LogP contribution in [0.4, 0.5) is 10.5 Å². The summed E-state index contributed by atoms with van der Waals surface area (Å²) in [7, 11) is 0. The second-order valence-electron chi connectivity index (χ2n) is 8.26. The monoisotopic (exact) mass is 387 g/mol. The standard InChI is InChI=1S/C21H29N3O4/c1-14-10-15(2)12-24(11-14)19(25)17-7-3-4-8-18(17)22-21(28)23-9-5-6-16(13-23)20(26)27/h3-4,7-8,14-16H,5-6,9-13H2,1-2H3,(H,22,28)(H,26,27). The predicted octanol–water partition coefficient (Wildman–Crippen LogP) is 3.13. The number of para-hydroxylation sites is 1. The Hall–Kier alpha value is -2.57. The highest BCUT2D eigenvalue weighted by molar-refractivity contribution is 6.03. The molecule has 2 heterocycles. The Kier molecular flexibility index (Phi) is 6.21. The van der Waals surface area contributed by atoms with Gasteiger partial charge in [0.1, 0.15) is 0 Å². The van der Waals surface area contributed by atoms with Crippen LogP contribution in [0.5, 0.6) is 0 Å². The Morgan fingerprint density at radius 2 is 1.71 bits per heavy atom. The van der Waals surface area contributed by atoms with Crippen molar-refractivity contribution in [3.63, 3.8) is 0 Å². The second kappa shape index (κ2) is 8.63. The molecule has 0 aliphatic carbocycles. The van der Waals surface area contributed by atoms with Crippen molar-refractivity contribution < 1.29 is 19.5 Å². The van der Waals surface area contributed by atoms with E-state index in [9.17, 15) is 19.5 Å². The maximum absolute atomic E-state index is 13.1. The maximum atomic E-state index is 13.1. The van der Waals surface area contributed by atoms with E-state index < -0.39 is 11.9 Å². The van der Waals surface area contributed by atoms with Gasteiger partial charge in [0.25, 0.3) is 5.91 Å². The van der Waals surface area contributed by atoms with Gasteiger partial charge in [0.2, 0.25) is 0 Å². The maximum Gasteiger partial charge on any atom is 0.321 e. The van der Waals surface area contributed by atoms with Crippen LogP contribution >= 0.6 is 0 Å². The number of carbonyl (C=O) groups excluding carboxylic acids is 2. The van der Waals surface area contributed by atoms with Gasteiger partial charge >= 0.3 is 12.0 Å². The quantitative estimate of drug-likeness (QED) is 0.834. The van der Waals surface area contributed by atoms with E-state index in [4.69, 9.17) is 0 Å². The zero-order valence-electron chi connectivity index (χ0n) is 16.6. The fourth-order valence-corrected chi connectivity index (χ4v) is 4.34. The zero-order valence-corrected chi connectivity index (χ0v) is 16.6. The van der Waals surface area contributed by atoms with Crippen LogP contribution in [0.2, 0.25) is 0 Å². The van der Waals surface area contributed by atoms with Crippen LogP contribution in [0, 0.1) is 17.8 Å². The van der Waals surface area contributed by atoms with Gasteiger partial charge in [-0.15, -0.1) is 0 Å².